The Balaban J connectivity index is 2.30. The molecule has 84 valence electrons. The fourth-order valence-corrected chi connectivity index (χ4v) is 1.65. The Morgan fingerprint density at radius 3 is 2.75 bits per heavy atom. The van der Waals surface area contributed by atoms with Crippen LogP contribution >= 0.6 is 15.9 Å². The van der Waals surface area contributed by atoms with Crippen LogP contribution in [0.1, 0.15) is 5.56 Å². The van der Waals surface area contributed by atoms with Crippen molar-refractivity contribution in [2.24, 2.45) is 0 Å². The second-order valence-corrected chi connectivity index (χ2v) is 4.13. The standard InChI is InChI=1S/C10H8BrF2N3/c11-7-5-16(15-10(7)14)4-6-2-1-3-8(12)9(6)13/h1-3,5H,4H2,(H2,14,15). The summed E-state index contributed by atoms with van der Waals surface area (Å²) in [5.41, 5.74) is 5.75. The summed E-state index contributed by atoms with van der Waals surface area (Å²) in [5.74, 6) is -1.40. The Kier molecular flexibility index (Phi) is 2.91. The Morgan fingerprint density at radius 2 is 2.12 bits per heavy atom. The average Bonchev–Trinajstić information content (AvgIpc) is 2.54. The molecule has 0 atom stereocenters. The number of nitrogens with zero attached hydrogens (tertiary/aromatic N) is 2. The van der Waals surface area contributed by atoms with Crippen LogP contribution in [0.4, 0.5) is 14.6 Å². The molecule has 1 aromatic carbocycles. The highest BCUT2D eigenvalue weighted by Crippen LogP contribution is 2.18. The molecule has 2 N–H and O–H groups in total. The highest BCUT2D eigenvalue weighted by molar-refractivity contribution is 9.10. The molecule has 6 heteroatoms. The molecule has 2 aromatic rings. The molecule has 0 amide bonds. The minimum absolute atomic E-state index is 0.138. The number of anilines is 1. The van der Waals surface area contributed by atoms with Crippen LogP contribution in [0.15, 0.2) is 28.9 Å². The van der Waals surface area contributed by atoms with Crippen LogP contribution in [-0.2, 0) is 6.54 Å². The van der Waals surface area contributed by atoms with Gasteiger partial charge in [-0.25, -0.2) is 8.78 Å². The van der Waals surface area contributed by atoms with E-state index >= 15 is 0 Å². The molecule has 0 saturated carbocycles. The van der Waals surface area contributed by atoms with Crippen LogP contribution < -0.4 is 5.73 Å². The molecule has 1 heterocycles. The van der Waals surface area contributed by atoms with Gasteiger partial charge in [0.25, 0.3) is 0 Å². The summed E-state index contributed by atoms with van der Waals surface area (Å²) in [6.45, 7) is 0.138. The van der Waals surface area contributed by atoms with Crippen LogP contribution in [0.25, 0.3) is 0 Å². The van der Waals surface area contributed by atoms with Crippen molar-refractivity contribution >= 4 is 21.7 Å². The molecule has 0 radical (unpaired) electrons. The molecule has 3 nitrogen and oxygen atoms in total. The van der Waals surface area contributed by atoms with Crippen molar-refractivity contribution < 1.29 is 8.78 Å². The number of nitrogen functional groups attached to an aromatic ring is 1. The largest absolute Gasteiger partial charge is 0.381 e. The minimum Gasteiger partial charge on any atom is -0.381 e. The van der Waals surface area contributed by atoms with E-state index in [1.165, 1.54) is 16.8 Å². The second-order valence-electron chi connectivity index (χ2n) is 3.27. The van der Waals surface area contributed by atoms with Gasteiger partial charge in [0.05, 0.1) is 11.0 Å². The van der Waals surface area contributed by atoms with E-state index in [1.54, 1.807) is 6.20 Å². The lowest BCUT2D eigenvalue weighted by Crippen LogP contribution is -2.04. The quantitative estimate of drug-likeness (QED) is 0.923. The average molecular weight is 288 g/mol. The maximum Gasteiger partial charge on any atom is 0.163 e. The summed E-state index contributed by atoms with van der Waals surface area (Å²) in [7, 11) is 0. The monoisotopic (exact) mass is 287 g/mol. The third-order valence-corrected chi connectivity index (χ3v) is 2.72. The molecule has 0 bridgehead atoms. The van der Waals surface area contributed by atoms with Crippen molar-refractivity contribution in [3.63, 3.8) is 0 Å². The van der Waals surface area contributed by atoms with Crippen LogP contribution in [0.2, 0.25) is 0 Å². The lowest BCUT2D eigenvalue weighted by molar-refractivity contribution is 0.492. The van der Waals surface area contributed by atoms with E-state index in [4.69, 9.17) is 5.73 Å². The highest BCUT2D eigenvalue weighted by Gasteiger charge is 2.09. The fourth-order valence-electron chi connectivity index (χ4n) is 1.34. The number of nitrogens with two attached hydrogens (primary N) is 1. The van der Waals surface area contributed by atoms with E-state index in [0.717, 1.165) is 6.07 Å². The Hall–Kier alpha value is -1.43. The molecule has 16 heavy (non-hydrogen) atoms. The van der Waals surface area contributed by atoms with E-state index in [0.29, 0.717) is 10.3 Å². The van der Waals surface area contributed by atoms with Crippen LogP contribution in [0.3, 0.4) is 0 Å². The predicted octanol–water partition coefficient (Wildman–Crippen LogP) is 2.55. The van der Waals surface area contributed by atoms with E-state index < -0.39 is 11.6 Å². The van der Waals surface area contributed by atoms with E-state index in [2.05, 4.69) is 21.0 Å². The van der Waals surface area contributed by atoms with Crippen LogP contribution in [0.5, 0.6) is 0 Å². The van der Waals surface area contributed by atoms with E-state index in [1.807, 2.05) is 0 Å². The van der Waals surface area contributed by atoms with Gasteiger partial charge >= 0.3 is 0 Å². The fraction of sp³-hybridized carbons (Fsp3) is 0.100. The summed E-state index contributed by atoms with van der Waals surface area (Å²) >= 11 is 3.19. The van der Waals surface area contributed by atoms with Gasteiger partial charge in [-0.05, 0) is 22.0 Å². The molecule has 0 unspecified atom stereocenters. The molecule has 2 rings (SSSR count). The lowest BCUT2D eigenvalue weighted by atomic mass is 10.2. The maximum atomic E-state index is 13.3. The van der Waals surface area contributed by atoms with E-state index in [-0.39, 0.29) is 12.1 Å². The summed E-state index contributed by atoms with van der Waals surface area (Å²) < 4.78 is 28.3. The Morgan fingerprint density at radius 1 is 1.38 bits per heavy atom. The molecule has 0 spiro atoms. The first-order valence-electron chi connectivity index (χ1n) is 4.49. The number of aromatic nitrogens is 2. The third kappa shape index (κ3) is 2.06. The second kappa shape index (κ2) is 4.21. The molecule has 0 aliphatic carbocycles. The first kappa shape index (κ1) is 11.1. The topological polar surface area (TPSA) is 43.8 Å². The van der Waals surface area contributed by atoms with Gasteiger partial charge in [-0.2, -0.15) is 5.10 Å². The number of rotatable bonds is 2. The van der Waals surface area contributed by atoms with Gasteiger partial charge in [-0.3, -0.25) is 4.68 Å². The zero-order valence-electron chi connectivity index (χ0n) is 8.12. The number of hydrogen-bond donors (Lipinski definition) is 1. The molecular formula is C10H8BrF2N3. The van der Waals surface area contributed by atoms with Crippen molar-refractivity contribution in [3.8, 4) is 0 Å². The summed E-state index contributed by atoms with van der Waals surface area (Å²) in [6.07, 6.45) is 1.61. The van der Waals surface area contributed by atoms with Gasteiger partial charge < -0.3 is 5.73 Å². The highest BCUT2D eigenvalue weighted by atomic mass is 79.9. The number of halogens is 3. The number of hydrogen-bond acceptors (Lipinski definition) is 2. The van der Waals surface area contributed by atoms with Gasteiger partial charge in [0.1, 0.15) is 0 Å². The molecular weight excluding hydrogens is 280 g/mol. The molecule has 0 fully saturated rings. The summed E-state index contributed by atoms with van der Waals surface area (Å²) in [5, 5.41) is 3.93. The SMILES string of the molecule is Nc1nn(Cc2cccc(F)c2F)cc1Br. The zero-order chi connectivity index (χ0) is 11.7. The van der Waals surface area contributed by atoms with Crippen molar-refractivity contribution in [2.75, 3.05) is 5.73 Å². The van der Waals surface area contributed by atoms with Gasteiger partial charge in [0, 0.05) is 11.8 Å². The molecule has 0 aliphatic heterocycles. The zero-order valence-corrected chi connectivity index (χ0v) is 9.71. The molecule has 1 aromatic heterocycles. The van der Waals surface area contributed by atoms with Gasteiger partial charge in [-0.15, -0.1) is 0 Å². The smallest absolute Gasteiger partial charge is 0.163 e. The number of benzene rings is 1. The third-order valence-electron chi connectivity index (χ3n) is 2.11. The lowest BCUT2D eigenvalue weighted by Gasteiger charge is -2.03. The maximum absolute atomic E-state index is 13.3. The van der Waals surface area contributed by atoms with Gasteiger partial charge in [-0.1, -0.05) is 12.1 Å². The minimum atomic E-state index is -0.864. The first-order valence-corrected chi connectivity index (χ1v) is 5.28. The molecule has 0 aliphatic rings. The van der Waals surface area contributed by atoms with Crippen molar-refractivity contribution in [3.05, 3.63) is 46.1 Å². The van der Waals surface area contributed by atoms with Crippen molar-refractivity contribution in [1.29, 1.82) is 0 Å². The normalized spacial score (nSPS) is 10.7. The predicted molar refractivity (Wildman–Crippen MR) is 59.8 cm³/mol. The van der Waals surface area contributed by atoms with Crippen molar-refractivity contribution in [1.82, 2.24) is 9.78 Å². The first-order chi connectivity index (χ1) is 7.58. The Labute approximate surface area is 99.0 Å². The van der Waals surface area contributed by atoms with Gasteiger partial charge in [0.15, 0.2) is 17.5 Å². The molecule has 0 saturated heterocycles. The van der Waals surface area contributed by atoms with Crippen molar-refractivity contribution in [2.45, 2.75) is 6.54 Å². The van der Waals surface area contributed by atoms with Gasteiger partial charge in [0.2, 0.25) is 0 Å². The summed E-state index contributed by atoms with van der Waals surface area (Å²) in [6, 6.07) is 4.03. The summed E-state index contributed by atoms with van der Waals surface area (Å²) in [4.78, 5) is 0. The Bertz CT molecular complexity index is 505. The van der Waals surface area contributed by atoms with Crippen LogP contribution in [0, 0.1) is 11.6 Å². The van der Waals surface area contributed by atoms with E-state index in [9.17, 15) is 8.78 Å². The van der Waals surface area contributed by atoms with Crippen LogP contribution in [-0.4, -0.2) is 9.78 Å².